The van der Waals surface area contributed by atoms with Crippen molar-refractivity contribution in [1.82, 2.24) is 0 Å². The van der Waals surface area contributed by atoms with Gasteiger partial charge in [-0.15, -0.1) is 4.91 Å². The Balaban J connectivity index is 2.96. The van der Waals surface area contributed by atoms with Crippen LogP contribution in [-0.4, -0.2) is 5.50 Å². The number of nitrogens with zero attached hydrogens (tertiary/aromatic N) is 1. The molecule has 0 saturated carbocycles. The zero-order valence-electron chi connectivity index (χ0n) is 3.52. The van der Waals surface area contributed by atoms with Crippen molar-refractivity contribution in [3.8, 4) is 0 Å². The molecule has 2 nitrogen and oxygen atoms in total. The maximum atomic E-state index is 9.35. The van der Waals surface area contributed by atoms with Gasteiger partial charge < -0.3 is 0 Å². The van der Waals surface area contributed by atoms with Crippen molar-refractivity contribution in [1.29, 1.82) is 0 Å². The SMILES string of the molecule is CCC(Cl)N=O. The van der Waals surface area contributed by atoms with E-state index in [1.807, 2.05) is 0 Å². The number of hydrogen-bond donors (Lipinski definition) is 0. The molecule has 0 aromatic carbocycles. The predicted octanol–water partition coefficient (Wildman–Crippen LogP) is 1.73. The number of nitroso groups, excluding NO2 is 1. The number of halogens is 1. The summed E-state index contributed by atoms with van der Waals surface area (Å²) in [5, 5.41) is 2.52. The van der Waals surface area contributed by atoms with Crippen molar-refractivity contribution in [3.63, 3.8) is 0 Å². The molecule has 0 bridgehead atoms. The number of alkyl halides is 1. The van der Waals surface area contributed by atoms with Crippen LogP contribution in [0.5, 0.6) is 0 Å². The van der Waals surface area contributed by atoms with Gasteiger partial charge in [0.25, 0.3) is 0 Å². The van der Waals surface area contributed by atoms with E-state index in [2.05, 4.69) is 5.18 Å². The van der Waals surface area contributed by atoms with Crippen molar-refractivity contribution >= 4 is 11.6 Å². The molecule has 0 N–H and O–H groups in total. The Hall–Kier alpha value is -0.110. The van der Waals surface area contributed by atoms with Crippen LogP contribution < -0.4 is 0 Å². The first-order valence-electron chi connectivity index (χ1n) is 1.77. The van der Waals surface area contributed by atoms with E-state index in [1.54, 1.807) is 6.92 Å². The van der Waals surface area contributed by atoms with E-state index in [4.69, 9.17) is 11.6 Å². The minimum atomic E-state index is -0.523. The van der Waals surface area contributed by atoms with Gasteiger partial charge in [0.1, 0.15) is 0 Å². The van der Waals surface area contributed by atoms with Gasteiger partial charge in [-0.1, -0.05) is 23.7 Å². The Labute approximate surface area is 41.5 Å². The summed E-state index contributed by atoms with van der Waals surface area (Å²) in [6.07, 6.45) is 0.616. The molecule has 1 atom stereocenters. The first-order valence-corrected chi connectivity index (χ1v) is 2.21. The van der Waals surface area contributed by atoms with E-state index < -0.39 is 5.50 Å². The molecule has 0 amide bonds. The van der Waals surface area contributed by atoms with E-state index in [-0.39, 0.29) is 0 Å². The van der Waals surface area contributed by atoms with Gasteiger partial charge in [0.15, 0.2) is 5.50 Å². The van der Waals surface area contributed by atoms with Gasteiger partial charge in [-0.3, -0.25) is 0 Å². The van der Waals surface area contributed by atoms with Crippen LogP contribution in [0.25, 0.3) is 0 Å². The summed E-state index contributed by atoms with van der Waals surface area (Å²) in [4.78, 5) is 9.35. The van der Waals surface area contributed by atoms with E-state index in [1.165, 1.54) is 0 Å². The van der Waals surface area contributed by atoms with Gasteiger partial charge in [-0.05, 0) is 6.42 Å². The molecule has 0 fully saturated rings. The second-order valence-electron chi connectivity index (χ2n) is 0.948. The molecule has 0 saturated heterocycles. The normalized spacial score (nSPS) is 13.7. The maximum Gasteiger partial charge on any atom is 0.165 e. The Morgan fingerprint density at radius 2 is 2.50 bits per heavy atom. The fraction of sp³-hybridized carbons (Fsp3) is 1.00. The smallest absolute Gasteiger partial charge is 0.149 e. The highest BCUT2D eigenvalue weighted by atomic mass is 35.5. The third-order valence-electron chi connectivity index (χ3n) is 0.451. The second-order valence-corrected chi connectivity index (χ2v) is 1.45. The first-order chi connectivity index (χ1) is 2.81. The summed E-state index contributed by atoms with van der Waals surface area (Å²) < 4.78 is 0. The monoisotopic (exact) mass is 107 g/mol. The van der Waals surface area contributed by atoms with Crippen LogP contribution in [0.2, 0.25) is 0 Å². The van der Waals surface area contributed by atoms with Gasteiger partial charge in [-0.25, -0.2) is 0 Å². The van der Waals surface area contributed by atoms with Crippen molar-refractivity contribution < 1.29 is 0 Å². The molecule has 0 rings (SSSR count). The van der Waals surface area contributed by atoms with Crippen molar-refractivity contribution in [2.24, 2.45) is 5.18 Å². The molecule has 0 heterocycles. The van der Waals surface area contributed by atoms with E-state index in [9.17, 15) is 4.91 Å². The molecule has 0 radical (unpaired) electrons. The van der Waals surface area contributed by atoms with Crippen molar-refractivity contribution in [2.75, 3.05) is 0 Å². The maximum absolute atomic E-state index is 9.35. The lowest BCUT2D eigenvalue weighted by atomic mass is 10.5. The fourth-order valence-electron chi connectivity index (χ4n) is 0.0745. The van der Waals surface area contributed by atoms with Gasteiger partial charge in [0, 0.05) is 0 Å². The van der Waals surface area contributed by atoms with Gasteiger partial charge in [0.05, 0.1) is 0 Å². The Morgan fingerprint density at radius 3 is 2.50 bits per heavy atom. The minimum Gasteiger partial charge on any atom is -0.149 e. The van der Waals surface area contributed by atoms with Crippen LogP contribution in [0.4, 0.5) is 0 Å². The molecular formula is C3H6ClNO. The standard InChI is InChI=1S/C3H6ClNO/c1-2-3(4)5-6/h3H,2H2,1H3. The van der Waals surface area contributed by atoms with Crippen molar-refractivity contribution in [3.05, 3.63) is 4.91 Å². The summed E-state index contributed by atoms with van der Waals surface area (Å²) in [6.45, 7) is 1.80. The molecule has 0 spiro atoms. The van der Waals surface area contributed by atoms with Crippen LogP contribution in [-0.2, 0) is 0 Å². The number of rotatable bonds is 2. The third-order valence-corrected chi connectivity index (χ3v) is 0.840. The van der Waals surface area contributed by atoms with Crippen LogP contribution in [0, 0.1) is 4.91 Å². The van der Waals surface area contributed by atoms with E-state index in [0.29, 0.717) is 6.42 Å². The zero-order chi connectivity index (χ0) is 4.99. The molecule has 0 aliphatic carbocycles. The van der Waals surface area contributed by atoms with Crippen LogP contribution >= 0.6 is 11.6 Å². The molecule has 0 aliphatic heterocycles. The highest BCUT2D eigenvalue weighted by Gasteiger charge is 1.93. The summed E-state index contributed by atoms with van der Waals surface area (Å²) in [5.74, 6) is 0. The summed E-state index contributed by atoms with van der Waals surface area (Å²) >= 11 is 5.17. The minimum absolute atomic E-state index is 0.523. The van der Waals surface area contributed by atoms with E-state index in [0.717, 1.165) is 0 Å². The Morgan fingerprint density at radius 1 is 2.00 bits per heavy atom. The topological polar surface area (TPSA) is 29.4 Å². The second kappa shape index (κ2) is 3.09. The number of hydrogen-bond acceptors (Lipinski definition) is 2. The molecule has 0 aromatic rings. The van der Waals surface area contributed by atoms with Gasteiger partial charge in [-0.2, -0.15) is 0 Å². The Bertz CT molecular complexity index is 48.1. The van der Waals surface area contributed by atoms with E-state index >= 15 is 0 Å². The molecule has 3 heteroatoms. The first kappa shape index (κ1) is 5.89. The predicted molar refractivity (Wildman–Crippen MR) is 25.7 cm³/mol. The van der Waals surface area contributed by atoms with Crippen LogP contribution in [0.3, 0.4) is 0 Å². The molecular weight excluding hydrogens is 101 g/mol. The Kier molecular flexibility index (Phi) is 3.04. The molecule has 0 aromatic heterocycles. The van der Waals surface area contributed by atoms with Gasteiger partial charge in [0.2, 0.25) is 0 Å². The highest BCUT2D eigenvalue weighted by Crippen LogP contribution is 1.99. The van der Waals surface area contributed by atoms with Gasteiger partial charge >= 0.3 is 0 Å². The summed E-state index contributed by atoms with van der Waals surface area (Å²) in [6, 6.07) is 0. The molecule has 1 unspecified atom stereocenters. The molecule has 0 aliphatic rings. The average Bonchev–Trinajstić information content (AvgIpc) is 1.65. The summed E-state index contributed by atoms with van der Waals surface area (Å²) in [7, 11) is 0. The lowest BCUT2D eigenvalue weighted by Crippen LogP contribution is -1.84. The van der Waals surface area contributed by atoms with Crippen LogP contribution in [0.1, 0.15) is 13.3 Å². The lowest BCUT2D eigenvalue weighted by molar-refractivity contribution is 0.852. The lowest BCUT2D eigenvalue weighted by Gasteiger charge is -1.85. The fourth-order valence-corrected chi connectivity index (χ4v) is 0.0745. The third kappa shape index (κ3) is 2.15. The average molecular weight is 108 g/mol. The summed E-state index contributed by atoms with van der Waals surface area (Å²) in [5.41, 5.74) is -0.523. The van der Waals surface area contributed by atoms with Crippen molar-refractivity contribution in [2.45, 2.75) is 18.8 Å². The largest absolute Gasteiger partial charge is 0.165 e. The molecule has 36 valence electrons. The van der Waals surface area contributed by atoms with Crippen LogP contribution in [0.15, 0.2) is 5.18 Å². The highest BCUT2D eigenvalue weighted by molar-refractivity contribution is 6.20. The zero-order valence-corrected chi connectivity index (χ0v) is 4.27. The quantitative estimate of drug-likeness (QED) is 0.300. The molecule has 6 heavy (non-hydrogen) atoms.